The van der Waals surface area contributed by atoms with Gasteiger partial charge in [0.1, 0.15) is 6.61 Å². The first-order valence-corrected chi connectivity index (χ1v) is 9.66. The molecule has 3 amide bonds. The van der Waals surface area contributed by atoms with Gasteiger partial charge in [-0.1, -0.05) is 38.1 Å². The monoisotopic (exact) mass is 394 g/mol. The van der Waals surface area contributed by atoms with Crippen LogP contribution < -0.4 is 5.32 Å². The van der Waals surface area contributed by atoms with E-state index in [0.717, 1.165) is 0 Å². The highest BCUT2D eigenvalue weighted by Crippen LogP contribution is 2.29. The van der Waals surface area contributed by atoms with Gasteiger partial charge in [0.05, 0.1) is 23.3 Å². The zero-order valence-corrected chi connectivity index (χ0v) is 17.2. The molecule has 2 aromatic rings. The van der Waals surface area contributed by atoms with Gasteiger partial charge in [-0.15, -0.1) is 0 Å². The Morgan fingerprint density at radius 2 is 1.55 bits per heavy atom. The van der Waals surface area contributed by atoms with Crippen molar-refractivity contribution in [2.45, 2.75) is 39.2 Å². The molecule has 0 saturated carbocycles. The van der Waals surface area contributed by atoms with E-state index in [1.165, 1.54) is 10.5 Å². The third-order valence-corrected chi connectivity index (χ3v) is 4.95. The number of carbonyl (C=O) groups excluding carboxylic acids is 3. The summed E-state index contributed by atoms with van der Waals surface area (Å²) < 4.78 is 5.54. The molecule has 152 valence electrons. The van der Waals surface area contributed by atoms with E-state index in [0.29, 0.717) is 22.7 Å². The summed E-state index contributed by atoms with van der Waals surface area (Å²) in [6.07, 6.45) is 0. The summed E-state index contributed by atoms with van der Waals surface area (Å²) in [4.78, 5) is 38.6. The number of hydrogen-bond acceptors (Lipinski definition) is 4. The largest absolute Gasteiger partial charge is 0.369 e. The highest BCUT2D eigenvalue weighted by Gasteiger charge is 2.44. The predicted octanol–water partition coefficient (Wildman–Crippen LogP) is 3.84. The first-order valence-electron chi connectivity index (χ1n) is 9.66. The van der Waals surface area contributed by atoms with E-state index in [1.54, 1.807) is 38.1 Å². The number of imide groups is 1. The number of benzene rings is 2. The molecule has 0 fully saturated rings. The fourth-order valence-electron chi connectivity index (χ4n) is 3.35. The number of ether oxygens (including phenoxy) is 1. The van der Waals surface area contributed by atoms with E-state index in [2.05, 4.69) is 19.2 Å². The van der Waals surface area contributed by atoms with Crippen LogP contribution in [0.5, 0.6) is 0 Å². The van der Waals surface area contributed by atoms with Crippen molar-refractivity contribution in [3.63, 3.8) is 0 Å². The molecule has 1 N–H and O–H groups in total. The molecular formula is C23H26N2O4. The molecular weight excluding hydrogens is 368 g/mol. The SMILES string of the molecule is CC(C)c1ccc(NC(=O)COCC(C)(C)N2C(=O)c3ccccc3C2=O)cc1. The van der Waals surface area contributed by atoms with E-state index < -0.39 is 5.54 Å². The van der Waals surface area contributed by atoms with Crippen molar-refractivity contribution in [3.8, 4) is 0 Å². The van der Waals surface area contributed by atoms with Gasteiger partial charge in [-0.3, -0.25) is 19.3 Å². The average molecular weight is 394 g/mol. The van der Waals surface area contributed by atoms with E-state index in [9.17, 15) is 14.4 Å². The van der Waals surface area contributed by atoms with Gasteiger partial charge in [0.25, 0.3) is 11.8 Å². The van der Waals surface area contributed by atoms with Crippen molar-refractivity contribution < 1.29 is 19.1 Å². The van der Waals surface area contributed by atoms with Gasteiger partial charge in [-0.2, -0.15) is 0 Å². The van der Waals surface area contributed by atoms with Crippen LogP contribution in [0.3, 0.4) is 0 Å². The minimum Gasteiger partial charge on any atom is -0.369 e. The molecule has 1 heterocycles. The summed E-state index contributed by atoms with van der Waals surface area (Å²) in [6, 6.07) is 14.4. The van der Waals surface area contributed by atoms with Gasteiger partial charge >= 0.3 is 0 Å². The maximum absolute atomic E-state index is 12.6. The fraction of sp³-hybridized carbons (Fsp3) is 0.348. The zero-order valence-electron chi connectivity index (χ0n) is 17.2. The van der Waals surface area contributed by atoms with Crippen LogP contribution in [0.4, 0.5) is 5.69 Å². The van der Waals surface area contributed by atoms with Crippen LogP contribution in [0.25, 0.3) is 0 Å². The van der Waals surface area contributed by atoms with Crippen LogP contribution in [0.1, 0.15) is 59.9 Å². The standard InChI is InChI=1S/C23H26N2O4/c1-15(2)16-9-11-17(12-10-16)24-20(26)13-29-14-23(3,4)25-21(27)18-7-5-6-8-19(18)22(25)28/h5-12,15H,13-14H2,1-4H3,(H,24,26). The number of amides is 3. The molecule has 1 aliphatic heterocycles. The van der Waals surface area contributed by atoms with E-state index in [4.69, 9.17) is 4.74 Å². The Kier molecular flexibility index (Phi) is 5.84. The van der Waals surface area contributed by atoms with Crippen molar-refractivity contribution in [1.29, 1.82) is 0 Å². The van der Waals surface area contributed by atoms with Crippen molar-refractivity contribution in [2.75, 3.05) is 18.5 Å². The lowest BCUT2D eigenvalue weighted by atomic mass is 10.0. The molecule has 6 nitrogen and oxygen atoms in total. The Balaban J connectivity index is 1.55. The third kappa shape index (κ3) is 4.38. The number of nitrogens with one attached hydrogen (secondary N) is 1. The molecule has 0 unspecified atom stereocenters. The maximum atomic E-state index is 12.6. The van der Waals surface area contributed by atoms with Crippen LogP contribution in [0.2, 0.25) is 0 Å². The summed E-state index contributed by atoms with van der Waals surface area (Å²) in [5, 5.41) is 2.78. The molecule has 3 rings (SSSR count). The van der Waals surface area contributed by atoms with Crippen LogP contribution in [0.15, 0.2) is 48.5 Å². The molecule has 0 saturated heterocycles. The van der Waals surface area contributed by atoms with Crippen molar-refractivity contribution in [1.82, 2.24) is 4.90 Å². The lowest BCUT2D eigenvalue weighted by Gasteiger charge is -2.33. The quantitative estimate of drug-likeness (QED) is 0.724. The maximum Gasteiger partial charge on any atom is 0.262 e. The van der Waals surface area contributed by atoms with Crippen LogP contribution in [-0.2, 0) is 9.53 Å². The van der Waals surface area contributed by atoms with E-state index >= 15 is 0 Å². The molecule has 0 radical (unpaired) electrons. The van der Waals surface area contributed by atoms with Crippen molar-refractivity contribution >= 4 is 23.4 Å². The number of fused-ring (bicyclic) bond motifs is 1. The van der Waals surface area contributed by atoms with Gasteiger partial charge in [-0.05, 0) is 49.6 Å². The van der Waals surface area contributed by atoms with Crippen LogP contribution in [-0.4, -0.2) is 41.4 Å². The van der Waals surface area contributed by atoms with Gasteiger partial charge in [-0.25, -0.2) is 0 Å². The Hall–Kier alpha value is -2.99. The van der Waals surface area contributed by atoms with Crippen molar-refractivity contribution in [3.05, 3.63) is 65.2 Å². The molecule has 29 heavy (non-hydrogen) atoms. The number of rotatable bonds is 7. The van der Waals surface area contributed by atoms with Gasteiger partial charge in [0, 0.05) is 5.69 Å². The zero-order chi connectivity index (χ0) is 21.2. The van der Waals surface area contributed by atoms with Crippen LogP contribution >= 0.6 is 0 Å². The number of nitrogens with zero attached hydrogens (tertiary/aromatic N) is 1. The topological polar surface area (TPSA) is 75.7 Å². The number of hydrogen-bond donors (Lipinski definition) is 1. The number of carbonyl (C=O) groups is 3. The second-order valence-electron chi connectivity index (χ2n) is 8.12. The minimum atomic E-state index is -0.883. The molecule has 0 bridgehead atoms. The summed E-state index contributed by atoms with van der Waals surface area (Å²) in [7, 11) is 0. The second kappa shape index (κ2) is 8.17. The number of anilines is 1. The molecule has 0 spiro atoms. The first kappa shape index (κ1) is 20.7. The summed E-state index contributed by atoms with van der Waals surface area (Å²) >= 11 is 0. The smallest absolute Gasteiger partial charge is 0.262 e. The molecule has 0 aliphatic carbocycles. The lowest BCUT2D eigenvalue weighted by Crippen LogP contribution is -2.50. The third-order valence-electron chi connectivity index (χ3n) is 4.95. The van der Waals surface area contributed by atoms with Gasteiger partial charge in [0.15, 0.2) is 0 Å². The highest BCUT2D eigenvalue weighted by molar-refractivity contribution is 6.21. The van der Waals surface area contributed by atoms with E-state index in [-0.39, 0.29) is 30.9 Å². The Bertz CT molecular complexity index is 897. The summed E-state index contributed by atoms with van der Waals surface area (Å²) in [6.45, 7) is 7.60. The first-order chi connectivity index (χ1) is 13.7. The molecule has 0 atom stereocenters. The molecule has 2 aromatic carbocycles. The van der Waals surface area contributed by atoms with Gasteiger partial charge in [0.2, 0.25) is 5.91 Å². The molecule has 0 aromatic heterocycles. The normalized spacial score (nSPS) is 13.8. The Morgan fingerprint density at radius 1 is 1.00 bits per heavy atom. The second-order valence-corrected chi connectivity index (χ2v) is 8.12. The van der Waals surface area contributed by atoms with E-state index in [1.807, 2.05) is 24.3 Å². The average Bonchev–Trinajstić information content (AvgIpc) is 2.93. The van der Waals surface area contributed by atoms with Crippen LogP contribution in [0, 0.1) is 0 Å². The van der Waals surface area contributed by atoms with Gasteiger partial charge < -0.3 is 10.1 Å². The molecule has 6 heteroatoms. The summed E-state index contributed by atoms with van der Waals surface area (Å²) in [5.74, 6) is -0.546. The highest BCUT2D eigenvalue weighted by atomic mass is 16.5. The predicted molar refractivity (Wildman–Crippen MR) is 111 cm³/mol. The lowest BCUT2D eigenvalue weighted by molar-refractivity contribution is -0.121. The molecule has 1 aliphatic rings. The Morgan fingerprint density at radius 3 is 2.07 bits per heavy atom. The van der Waals surface area contributed by atoms with Crippen molar-refractivity contribution in [2.24, 2.45) is 0 Å². The fourth-order valence-corrected chi connectivity index (χ4v) is 3.35. The summed E-state index contributed by atoms with van der Waals surface area (Å²) in [5.41, 5.74) is 1.80. The minimum absolute atomic E-state index is 0.0537. The Labute approximate surface area is 170 Å².